The van der Waals surface area contributed by atoms with E-state index < -0.39 is 5.56 Å². The summed E-state index contributed by atoms with van der Waals surface area (Å²) in [6.45, 7) is 3.27. The van der Waals surface area contributed by atoms with Crippen molar-refractivity contribution in [3.8, 4) is 0 Å². The van der Waals surface area contributed by atoms with Crippen LogP contribution in [0, 0.1) is 6.92 Å². The topological polar surface area (TPSA) is 80.2 Å². The summed E-state index contributed by atoms with van der Waals surface area (Å²) in [5, 5.41) is 5.84. The van der Waals surface area contributed by atoms with E-state index in [4.69, 9.17) is 11.6 Å². The molecule has 0 unspecified atom stereocenters. The molecule has 0 spiro atoms. The van der Waals surface area contributed by atoms with Gasteiger partial charge < -0.3 is 15.2 Å². The molecule has 0 radical (unpaired) electrons. The molecule has 1 heterocycles. The molecule has 0 bridgehead atoms. The van der Waals surface area contributed by atoms with Crippen LogP contribution in [0.1, 0.15) is 18.2 Å². The average molecular weight is 348 g/mol. The Bertz CT molecular complexity index is 813. The van der Waals surface area contributed by atoms with Crippen LogP contribution in [-0.4, -0.2) is 16.4 Å². The van der Waals surface area contributed by atoms with E-state index in [-0.39, 0.29) is 24.0 Å². The molecule has 0 atom stereocenters. The molecular weight excluding hydrogens is 330 g/mol. The van der Waals surface area contributed by atoms with Gasteiger partial charge in [-0.15, -0.1) is 0 Å². The number of hydrogen-bond donors (Lipinski definition) is 2. The molecule has 24 heavy (non-hydrogen) atoms. The predicted octanol–water partition coefficient (Wildman–Crippen LogP) is 2.08. The molecule has 1 aromatic carbocycles. The molecular formula is C17H18ClN3O3. The zero-order valence-corrected chi connectivity index (χ0v) is 14.2. The van der Waals surface area contributed by atoms with E-state index in [0.29, 0.717) is 17.3 Å². The Balaban J connectivity index is 2.06. The number of hydrogen-bond acceptors (Lipinski definition) is 3. The average Bonchev–Trinajstić information content (AvgIpc) is 2.53. The fraction of sp³-hybridized carbons (Fsp3) is 0.235. The van der Waals surface area contributed by atoms with Crippen LogP contribution in [0.2, 0.25) is 5.02 Å². The van der Waals surface area contributed by atoms with Crippen molar-refractivity contribution in [2.45, 2.75) is 26.9 Å². The number of pyridine rings is 1. The van der Waals surface area contributed by atoms with Gasteiger partial charge in [-0.05, 0) is 36.8 Å². The third kappa shape index (κ3) is 4.70. The molecule has 0 aliphatic rings. The molecule has 2 aromatic rings. The van der Waals surface area contributed by atoms with Gasteiger partial charge in [0.1, 0.15) is 12.2 Å². The van der Waals surface area contributed by atoms with Crippen LogP contribution in [0.25, 0.3) is 0 Å². The van der Waals surface area contributed by atoms with Crippen molar-refractivity contribution in [3.05, 3.63) is 63.0 Å². The minimum absolute atomic E-state index is 0.119. The Morgan fingerprint density at radius 1 is 1.12 bits per heavy atom. The van der Waals surface area contributed by atoms with Crippen molar-refractivity contribution in [1.82, 2.24) is 9.88 Å². The van der Waals surface area contributed by atoms with Gasteiger partial charge in [-0.25, -0.2) is 0 Å². The highest BCUT2D eigenvalue weighted by Gasteiger charge is 2.11. The summed E-state index contributed by atoms with van der Waals surface area (Å²) in [7, 11) is 0. The minimum atomic E-state index is -0.410. The first-order valence-corrected chi connectivity index (χ1v) is 7.74. The molecule has 0 saturated carbocycles. The van der Waals surface area contributed by atoms with Crippen LogP contribution < -0.4 is 16.2 Å². The number of anilines is 1. The van der Waals surface area contributed by atoms with Crippen molar-refractivity contribution in [3.63, 3.8) is 0 Å². The minimum Gasteiger partial charge on any atom is -0.350 e. The van der Waals surface area contributed by atoms with Gasteiger partial charge in [-0.1, -0.05) is 23.7 Å². The lowest BCUT2D eigenvalue weighted by atomic mass is 10.2. The number of benzene rings is 1. The van der Waals surface area contributed by atoms with Crippen LogP contribution in [0.4, 0.5) is 5.69 Å². The second-order valence-electron chi connectivity index (χ2n) is 5.36. The van der Waals surface area contributed by atoms with Gasteiger partial charge in [0.2, 0.25) is 11.8 Å². The van der Waals surface area contributed by atoms with E-state index >= 15 is 0 Å². The molecule has 6 nitrogen and oxygen atoms in total. The number of carbonyl (C=O) groups is 2. The largest absolute Gasteiger partial charge is 0.350 e. The fourth-order valence-corrected chi connectivity index (χ4v) is 2.28. The van der Waals surface area contributed by atoms with E-state index in [1.165, 1.54) is 17.6 Å². The van der Waals surface area contributed by atoms with Crippen LogP contribution in [-0.2, 0) is 22.7 Å². The maximum atomic E-state index is 12.3. The van der Waals surface area contributed by atoms with Gasteiger partial charge in [0.05, 0.1) is 0 Å². The summed E-state index contributed by atoms with van der Waals surface area (Å²) in [4.78, 5) is 35.6. The molecule has 2 amide bonds. The number of aryl methyl sites for hydroxylation is 1. The summed E-state index contributed by atoms with van der Waals surface area (Å²) >= 11 is 5.81. The molecule has 2 N–H and O–H groups in total. The second kappa shape index (κ2) is 7.79. The molecule has 2 rings (SSSR count). The number of rotatable bonds is 5. The molecule has 126 valence electrons. The Labute approximate surface area is 144 Å². The summed E-state index contributed by atoms with van der Waals surface area (Å²) in [5.41, 5.74) is 1.28. The van der Waals surface area contributed by atoms with E-state index in [1.54, 1.807) is 25.1 Å². The third-order valence-corrected chi connectivity index (χ3v) is 3.66. The number of aromatic nitrogens is 1. The zero-order chi connectivity index (χ0) is 17.7. The molecule has 0 aliphatic carbocycles. The van der Waals surface area contributed by atoms with Crippen molar-refractivity contribution >= 4 is 29.1 Å². The van der Waals surface area contributed by atoms with Gasteiger partial charge in [-0.3, -0.25) is 14.4 Å². The molecule has 0 saturated heterocycles. The van der Waals surface area contributed by atoms with Gasteiger partial charge in [0, 0.05) is 24.2 Å². The van der Waals surface area contributed by atoms with Crippen molar-refractivity contribution < 1.29 is 9.59 Å². The van der Waals surface area contributed by atoms with Crippen molar-refractivity contribution in [2.24, 2.45) is 0 Å². The Morgan fingerprint density at radius 2 is 1.79 bits per heavy atom. The smallest absolute Gasteiger partial charge is 0.274 e. The van der Waals surface area contributed by atoms with E-state index in [9.17, 15) is 14.4 Å². The summed E-state index contributed by atoms with van der Waals surface area (Å²) in [5.74, 6) is -0.634. The SMILES string of the molecule is CC(=O)Nc1ccc(C)n(CC(=O)NCc2ccc(Cl)cc2)c1=O. The highest BCUT2D eigenvalue weighted by Crippen LogP contribution is 2.09. The Hall–Kier alpha value is -2.60. The first-order chi connectivity index (χ1) is 11.4. The molecule has 0 fully saturated rings. The standard InChI is InChI=1S/C17H18ClN3O3/c1-11-3-8-15(20-12(2)22)17(24)21(11)10-16(23)19-9-13-4-6-14(18)7-5-13/h3-8H,9-10H2,1-2H3,(H,19,23)(H,20,22). The van der Waals surface area contributed by atoms with Crippen molar-refractivity contribution in [2.75, 3.05) is 5.32 Å². The lowest BCUT2D eigenvalue weighted by Crippen LogP contribution is -2.34. The maximum absolute atomic E-state index is 12.3. The van der Waals surface area contributed by atoms with E-state index in [1.807, 2.05) is 12.1 Å². The van der Waals surface area contributed by atoms with Gasteiger partial charge in [0.15, 0.2) is 0 Å². The van der Waals surface area contributed by atoms with Crippen LogP contribution in [0.15, 0.2) is 41.2 Å². The van der Waals surface area contributed by atoms with E-state index in [0.717, 1.165) is 5.56 Å². The quantitative estimate of drug-likeness (QED) is 0.869. The third-order valence-electron chi connectivity index (χ3n) is 3.41. The van der Waals surface area contributed by atoms with Gasteiger partial charge in [0.25, 0.3) is 5.56 Å². The van der Waals surface area contributed by atoms with Gasteiger partial charge in [-0.2, -0.15) is 0 Å². The monoisotopic (exact) mass is 347 g/mol. The summed E-state index contributed by atoms with van der Waals surface area (Å²) in [6, 6.07) is 10.3. The van der Waals surface area contributed by atoms with Crippen LogP contribution >= 0.6 is 11.6 Å². The number of halogens is 1. The Morgan fingerprint density at radius 3 is 2.42 bits per heavy atom. The first kappa shape index (κ1) is 17.7. The lowest BCUT2D eigenvalue weighted by molar-refractivity contribution is -0.121. The number of nitrogens with zero attached hydrogens (tertiary/aromatic N) is 1. The van der Waals surface area contributed by atoms with E-state index in [2.05, 4.69) is 10.6 Å². The number of nitrogens with one attached hydrogen (secondary N) is 2. The van der Waals surface area contributed by atoms with Crippen LogP contribution in [0.5, 0.6) is 0 Å². The zero-order valence-electron chi connectivity index (χ0n) is 13.4. The van der Waals surface area contributed by atoms with Crippen LogP contribution in [0.3, 0.4) is 0 Å². The molecule has 0 aliphatic heterocycles. The number of carbonyl (C=O) groups excluding carboxylic acids is 2. The summed E-state index contributed by atoms with van der Waals surface area (Å²) < 4.78 is 1.32. The second-order valence-corrected chi connectivity index (χ2v) is 5.80. The molecule has 7 heteroatoms. The van der Waals surface area contributed by atoms with Gasteiger partial charge >= 0.3 is 0 Å². The lowest BCUT2D eigenvalue weighted by Gasteiger charge is -2.12. The van der Waals surface area contributed by atoms with Crippen molar-refractivity contribution in [1.29, 1.82) is 0 Å². The normalized spacial score (nSPS) is 10.3. The Kier molecular flexibility index (Phi) is 5.76. The molecule has 1 aromatic heterocycles. The number of amides is 2. The summed E-state index contributed by atoms with van der Waals surface area (Å²) in [6.07, 6.45) is 0. The predicted molar refractivity (Wildman–Crippen MR) is 93.0 cm³/mol. The fourth-order valence-electron chi connectivity index (χ4n) is 2.15. The maximum Gasteiger partial charge on any atom is 0.274 e. The highest BCUT2D eigenvalue weighted by molar-refractivity contribution is 6.30. The highest BCUT2D eigenvalue weighted by atomic mass is 35.5. The first-order valence-electron chi connectivity index (χ1n) is 7.36.